The number of hydrogen-bond donors (Lipinski definition) is 2. The first kappa shape index (κ1) is 22.2. The van der Waals surface area contributed by atoms with Crippen molar-refractivity contribution >= 4 is 5.91 Å². The molecule has 0 saturated heterocycles. The first-order valence-electron chi connectivity index (χ1n) is 9.87. The van der Waals surface area contributed by atoms with E-state index in [1.54, 1.807) is 24.3 Å². The van der Waals surface area contributed by atoms with Gasteiger partial charge in [0.2, 0.25) is 5.91 Å². The Balaban J connectivity index is 2.10. The van der Waals surface area contributed by atoms with Gasteiger partial charge in [-0.15, -0.1) is 5.10 Å². The minimum Gasteiger partial charge on any atom is -0.494 e. The van der Waals surface area contributed by atoms with E-state index in [4.69, 9.17) is 9.84 Å². The molecule has 2 aromatic carbocycles. The summed E-state index contributed by atoms with van der Waals surface area (Å²) >= 11 is 0. The monoisotopic (exact) mass is 428 g/mol. The third-order valence-electron chi connectivity index (χ3n) is 4.60. The molecule has 0 spiro atoms. The van der Waals surface area contributed by atoms with Crippen molar-refractivity contribution in [2.24, 2.45) is 0 Å². The van der Waals surface area contributed by atoms with Crippen LogP contribution in [-0.4, -0.2) is 45.1 Å². The van der Waals surface area contributed by atoms with Gasteiger partial charge in [-0.2, -0.15) is 4.68 Å². The summed E-state index contributed by atoms with van der Waals surface area (Å²) in [4.78, 5) is 25.5. The number of halogens is 1. The highest BCUT2D eigenvalue weighted by Crippen LogP contribution is 2.25. The molecule has 0 aliphatic rings. The van der Waals surface area contributed by atoms with E-state index in [0.29, 0.717) is 17.7 Å². The zero-order valence-electron chi connectivity index (χ0n) is 17.6. The molecule has 0 radical (unpaired) electrons. The molecule has 31 heavy (non-hydrogen) atoms. The molecular weight excluding hydrogens is 403 g/mol. The van der Waals surface area contributed by atoms with Crippen LogP contribution in [0.3, 0.4) is 0 Å². The Morgan fingerprint density at radius 2 is 1.94 bits per heavy atom. The molecule has 0 aliphatic heterocycles. The predicted octanol–water partition coefficient (Wildman–Crippen LogP) is 1.91. The van der Waals surface area contributed by atoms with E-state index >= 15 is 0 Å². The Labute approximate surface area is 178 Å². The number of rotatable bonds is 8. The van der Waals surface area contributed by atoms with Crippen LogP contribution in [-0.2, 0) is 17.8 Å². The average molecular weight is 428 g/mol. The van der Waals surface area contributed by atoms with E-state index in [1.807, 2.05) is 13.8 Å². The van der Waals surface area contributed by atoms with Gasteiger partial charge in [-0.3, -0.25) is 9.36 Å². The Hall–Kier alpha value is -3.46. The van der Waals surface area contributed by atoms with Crippen molar-refractivity contribution in [1.29, 1.82) is 0 Å². The molecule has 1 amide bonds. The lowest BCUT2D eigenvalue weighted by atomic mass is 10.1. The van der Waals surface area contributed by atoms with Crippen LogP contribution in [0.1, 0.15) is 19.4 Å². The predicted molar refractivity (Wildman–Crippen MR) is 114 cm³/mol. The summed E-state index contributed by atoms with van der Waals surface area (Å²) in [5.41, 5.74) is 1.35. The van der Waals surface area contributed by atoms with Crippen molar-refractivity contribution in [1.82, 2.24) is 19.7 Å². The molecular formula is C22H25FN4O4. The van der Waals surface area contributed by atoms with Gasteiger partial charge in [-0.05, 0) is 56.2 Å². The number of nitrogens with one attached hydrogen (secondary N) is 1. The van der Waals surface area contributed by atoms with Crippen LogP contribution < -0.4 is 15.7 Å². The Bertz CT molecular complexity index is 1120. The zero-order valence-corrected chi connectivity index (χ0v) is 17.6. The molecule has 0 unspecified atom stereocenters. The average Bonchev–Trinajstić information content (AvgIpc) is 3.05. The summed E-state index contributed by atoms with van der Waals surface area (Å²) in [7, 11) is 1.35. The maximum absolute atomic E-state index is 13.9. The number of aromatic nitrogens is 3. The van der Waals surface area contributed by atoms with Crippen LogP contribution in [0.2, 0.25) is 0 Å². The van der Waals surface area contributed by atoms with Crippen LogP contribution in [0.15, 0.2) is 47.3 Å². The summed E-state index contributed by atoms with van der Waals surface area (Å²) in [5, 5.41) is 16.3. The summed E-state index contributed by atoms with van der Waals surface area (Å²) in [6, 6.07) is 11.1. The van der Waals surface area contributed by atoms with Crippen LogP contribution in [0.25, 0.3) is 17.1 Å². The second kappa shape index (κ2) is 9.57. The van der Waals surface area contributed by atoms with E-state index in [2.05, 4.69) is 10.4 Å². The van der Waals surface area contributed by atoms with Crippen molar-refractivity contribution < 1.29 is 19.0 Å². The quantitative estimate of drug-likeness (QED) is 0.571. The fourth-order valence-corrected chi connectivity index (χ4v) is 3.16. The van der Waals surface area contributed by atoms with Gasteiger partial charge >= 0.3 is 5.69 Å². The summed E-state index contributed by atoms with van der Waals surface area (Å²) in [6.07, 6.45) is 0.500. The molecule has 164 valence electrons. The SMILES string of the molecule is COc1cc(-c2nn(-c3ccc(CCO)cc3)c(=O)n2CC(=O)NC(C)C)ccc1F. The number of methoxy groups -OCH3 is 1. The van der Waals surface area contributed by atoms with E-state index < -0.39 is 11.5 Å². The number of ether oxygens (including phenoxy) is 1. The number of amides is 1. The summed E-state index contributed by atoms with van der Waals surface area (Å²) < 4.78 is 21.4. The molecule has 8 nitrogen and oxygen atoms in total. The van der Waals surface area contributed by atoms with Gasteiger partial charge in [-0.25, -0.2) is 9.18 Å². The first-order chi connectivity index (χ1) is 14.8. The molecule has 0 bridgehead atoms. The number of nitrogens with zero attached hydrogens (tertiary/aromatic N) is 3. The van der Waals surface area contributed by atoms with E-state index in [0.717, 1.165) is 5.56 Å². The fourth-order valence-electron chi connectivity index (χ4n) is 3.16. The number of benzene rings is 2. The number of carbonyl (C=O) groups excluding carboxylic acids is 1. The van der Waals surface area contributed by atoms with Gasteiger partial charge in [0.15, 0.2) is 17.4 Å². The maximum atomic E-state index is 13.9. The molecule has 1 aromatic heterocycles. The van der Waals surface area contributed by atoms with Gasteiger partial charge in [0.05, 0.1) is 12.8 Å². The van der Waals surface area contributed by atoms with Crippen LogP contribution in [0, 0.1) is 5.82 Å². The Kier molecular flexibility index (Phi) is 6.86. The Morgan fingerprint density at radius 3 is 2.55 bits per heavy atom. The third-order valence-corrected chi connectivity index (χ3v) is 4.60. The lowest BCUT2D eigenvalue weighted by Crippen LogP contribution is -2.36. The first-order valence-corrected chi connectivity index (χ1v) is 9.87. The number of hydrogen-bond acceptors (Lipinski definition) is 5. The number of aliphatic hydroxyl groups excluding tert-OH is 1. The van der Waals surface area contributed by atoms with E-state index in [-0.39, 0.29) is 36.7 Å². The number of aliphatic hydroxyl groups is 1. The lowest BCUT2D eigenvalue weighted by Gasteiger charge is -2.10. The van der Waals surface area contributed by atoms with Gasteiger partial charge in [0, 0.05) is 18.2 Å². The molecule has 0 saturated carbocycles. The van der Waals surface area contributed by atoms with Crippen molar-refractivity contribution in [3.8, 4) is 22.8 Å². The largest absolute Gasteiger partial charge is 0.494 e. The van der Waals surface area contributed by atoms with Crippen molar-refractivity contribution in [2.45, 2.75) is 32.9 Å². The normalized spacial score (nSPS) is 11.0. The molecule has 9 heteroatoms. The molecule has 0 atom stereocenters. The van der Waals surface area contributed by atoms with Crippen molar-refractivity contribution in [2.75, 3.05) is 13.7 Å². The van der Waals surface area contributed by atoms with Crippen LogP contribution >= 0.6 is 0 Å². The van der Waals surface area contributed by atoms with Crippen molar-refractivity contribution in [3.63, 3.8) is 0 Å². The molecule has 1 heterocycles. The highest BCUT2D eigenvalue weighted by molar-refractivity contribution is 5.76. The molecule has 2 N–H and O–H groups in total. The van der Waals surface area contributed by atoms with Gasteiger partial charge in [0.1, 0.15) is 6.54 Å². The van der Waals surface area contributed by atoms with Gasteiger partial charge in [-0.1, -0.05) is 12.1 Å². The topological polar surface area (TPSA) is 98.4 Å². The van der Waals surface area contributed by atoms with Gasteiger partial charge in [0.25, 0.3) is 0 Å². The summed E-state index contributed by atoms with van der Waals surface area (Å²) in [6.45, 7) is 3.43. The molecule has 0 fully saturated rings. The highest BCUT2D eigenvalue weighted by Gasteiger charge is 2.20. The summed E-state index contributed by atoms with van der Waals surface area (Å²) in [5.74, 6) is -0.672. The third kappa shape index (κ3) is 5.00. The highest BCUT2D eigenvalue weighted by atomic mass is 19.1. The zero-order chi connectivity index (χ0) is 22.5. The van der Waals surface area contributed by atoms with Crippen LogP contribution in [0.5, 0.6) is 5.75 Å². The maximum Gasteiger partial charge on any atom is 0.351 e. The fraction of sp³-hybridized carbons (Fsp3) is 0.318. The Morgan fingerprint density at radius 1 is 1.23 bits per heavy atom. The molecule has 0 aliphatic carbocycles. The lowest BCUT2D eigenvalue weighted by molar-refractivity contribution is -0.122. The van der Waals surface area contributed by atoms with Crippen molar-refractivity contribution in [3.05, 3.63) is 64.3 Å². The van der Waals surface area contributed by atoms with Gasteiger partial charge < -0.3 is 15.2 Å². The molecule has 3 aromatic rings. The number of carbonyl (C=O) groups is 1. The standard InChI is InChI=1S/C22H25FN4O4/c1-14(2)24-20(29)13-26-21(16-6-9-18(23)19(12-16)31-3)25-27(22(26)30)17-7-4-15(5-8-17)10-11-28/h4-9,12,14,28H,10-11,13H2,1-3H3,(H,24,29). The van der Waals surface area contributed by atoms with Crippen LogP contribution in [0.4, 0.5) is 4.39 Å². The smallest absolute Gasteiger partial charge is 0.351 e. The van der Waals surface area contributed by atoms with E-state index in [9.17, 15) is 14.0 Å². The minimum atomic E-state index is -0.545. The molecule has 3 rings (SSSR count). The second-order valence-corrected chi connectivity index (χ2v) is 7.32. The second-order valence-electron chi connectivity index (χ2n) is 7.32. The van der Waals surface area contributed by atoms with E-state index in [1.165, 1.54) is 34.6 Å². The minimum absolute atomic E-state index is 0.00559.